The molecule has 2 aromatic carbocycles. The molecule has 8 heteroatoms. The van der Waals surface area contributed by atoms with Gasteiger partial charge in [-0.05, 0) is 47.8 Å². The van der Waals surface area contributed by atoms with E-state index in [4.69, 9.17) is 21.1 Å². The third kappa shape index (κ3) is 4.56. The third-order valence-electron chi connectivity index (χ3n) is 3.96. The van der Waals surface area contributed by atoms with Crippen LogP contribution in [0.5, 0.6) is 11.5 Å². The number of methoxy groups -OCH3 is 2. The van der Waals surface area contributed by atoms with E-state index in [-0.39, 0.29) is 5.91 Å². The van der Waals surface area contributed by atoms with Gasteiger partial charge in [-0.3, -0.25) is 4.79 Å². The van der Waals surface area contributed by atoms with Crippen LogP contribution in [0.15, 0.2) is 42.5 Å². The zero-order chi connectivity index (χ0) is 19.2. The molecule has 3 rings (SSSR count). The van der Waals surface area contributed by atoms with Crippen LogP contribution in [0.25, 0.3) is 11.3 Å². The lowest BCUT2D eigenvalue weighted by Crippen LogP contribution is -2.25. The second kappa shape index (κ2) is 8.83. The number of aromatic nitrogens is 2. The first-order valence-electron chi connectivity index (χ1n) is 8.19. The SMILES string of the molecule is COc1ccc(CCNC(=O)c2snnc2-c2ccc(Cl)cc2)cc1OC. The van der Waals surface area contributed by atoms with Gasteiger partial charge in [0, 0.05) is 17.1 Å². The molecule has 6 nitrogen and oxygen atoms in total. The number of ether oxygens (including phenoxy) is 2. The van der Waals surface area contributed by atoms with Crippen molar-refractivity contribution >= 4 is 29.0 Å². The molecule has 3 aromatic rings. The van der Waals surface area contributed by atoms with Gasteiger partial charge in [0.1, 0.15) is 10.6 Å². The van der Waals surface area contributed by atoms with Gasteiger partial charge in [-0.25, -0.2) is 0 Å². The fourth-order valence-corrected chi connectivity index (χ4v) is 3.30. The fraction of sp³-hybridized carbons (Fsp3) is 0.211. The summed E-state index contributed by atoms with van der Waals surface area (Å²) in [6.07, 6.45) is 0.661. The summed E-state index contributed by atoms with van der Waals surface area (Å²) in [4.78, 5) is 13.0. The topological polar surface area (TPSA) is 73.3 Å². The molecule has 1 aromatic heterocycles. The molecule has 1 N–H and O–H groups in total. The van der Waals surface area contributed by atoms with Crippen LogP contribution < -0.4 is 14.8 Å². The van der Waals surface area contributed by atoms with Gasteiger partial charge >= 0.3 is 0 Å². The zero-order valence-corrected chi connectivity index (χ0v) is 16.4. The molecule has 0 saturated carbocycles. The van der Waals surface area contributed by atoms with Gasteiger partial charge in [-0.2, -0.15) is 0 Å². The lowest BCUT2D eigenvalue weighted by atomic mass is 10.1. The molecular weight excluding hydrogens is 386 g/mol. The van der Waals surface area contributed by atoms with Gasteiger partial charge in [0.2, 0.25) is 0 Å². The Labute approximate surface area is 166 Å². The van der Waals surface area contributed by atoms with E-state index in [9.17, 15) is 4.79 Å². The Hall–Kier alpha value is -2.64. The lowest BCUT2D eigenvalue weighted by Gasteiger charge is -2.10. The summed E-state index contributed by atoms with van der Waals surface area (Å²) in [6.45, 7) is 0.478. The summed E-state index contributed by atoms with van der Waals surface area (Å²) in [5.41, 5.74) is 2.40. The zero-order valence-electron chi connectivity index (χ0n) is 14.9. The van der Waals surface area contributed by atoms with E-state index in [1.165, 1.54) is 0 Å². The maximum atomic E-state index is 12.5. The van der Waals surface area contributed by atoms with Crippen LogP contribution >= 0.6 is 23.1 Å². The predicted molar refractivity (Wildman–Crippen MR) is 106 cm³/mol. The average Bonchev–Trinajstić information content (AvgIpc) is 3.18. The Kier molecular flexibility index (Phi) is 6.26. The van der Waals surface area contributed by atoms with Crippen LogP contribution in [0.1, 0.15) is 15.2 Å². The highest BCUT2D eigenvalue weighted by Crippen LogP contribution is 2.28. The Morgan fingerprint density at radius 3 is 2.56 bits per heavy atom. The van der Waals surface area contributed by atoms with Crippen molar-refractivity contribution in [3.05, 3.63) is 57.9 Å². The second-order valence-electron chi connectivity index (χ2n) is 5.65. The van der Waals surface area contributed by atoms with Crippen molar-refractivity contribution in [1.82, 2.24) is 14.9 Å². The molecular formula is C19H18ClN3O3S. The van der Waals surface area contributed by atoms with Crippen LogP contribution in [0.2, 0.25) is 5.02 Å². The summed E-state index contributed by atoms with van der Waals surface area (Å²) in [7, 11) is 3.19. The summed E-state index contributed by atoms with van der Waals surface area (Å²) in [5, 5.41) is 7.62. The highest BCUT2D eigenvalue weighted by atomic mass is 35.5. The van der Waals surface area contributed by atoms with Crippen molar-refractivity contribution in [3.8, 4) is 22.8 Å². The minimum Gasteiger partial charge on any atom is -0.493 e. The first-order chi connectivity index (χ1) is 13.1. The number of carbonyl (C=O) groups is 1. The van der Waals surface area contributed by atoms with E-state index in [1.54, 1.807) is 26.4 Å². The number of carbonyl (C=O) groups excluding carboxylic acids is 1. The molecule has 0 radical (unpaired) electrons. The van der Waals surface area contributed by atoms with E-state index < -0.39 is 0 Å². The van der Waals surface area contributed by atoms with E-state index >= 15 is 0 Å². The molecule has 1 amide bonds. The normalized spacial score (nSPS) is 10.5. The van der Waals surface area contributed by atoms with Crippen LogP contribution in [-0.4, -0.2) is 36.3 Å². The first kappa shape index (κ1) is 19.1. The lowest BCUT2D eigenvalue weighted by molar-refractivity contribution is 0.0958. The average molecular weight is 404 g/mol. The number of rotatable bonds is 7. The smallest absolute Gasteiger partial charge is 0.265 e. The summed E-state index contributed by atoms with van der Waals surface area (Å²) >= 11 is 6.98. The molecule has 0 spiro atoms. The Balaban J connectivity index is 1.64. The van der Waals surface area contributed by atoms with Crippen LogP contribution in [0.3, 0.4) is 0 Å². The van der Waals surface area contributed by atoms with Crippen molar-refractivity contribution in [1.29, 1.82) is 0 Å². The number of nitrogens with one attached hydrogen (secondary N) is 1. The summed E-state index contributed by atoms with van der Waals surface area (Å²) < 4.78 is 14.4. The number of amides is 1. The maximum absolute atomic E-state index is 12.5. The maximum Gasteiger partial charge on any atom is 0.265 e. The number of benzene rings is 2. The molecule has 0 bridgehead atoms. The number of halogens is 1. The summed E-state index contributed by atoms with van der Waals surface area (Å²) in [5.74, 6) is 1.14. The number of nitrogens with zero attached hydrogens (tertiary/aromatic N) is 2. The van der Waals surface area contributed by atoms with E-state index in [0.717, 1.165) is 22.7 Å². The van der Waals surface area contributed by atoms with E-state index in [0.29, 0.717) is 40.1 Å². The van der Waals surface area contributed by atoms with Crippen molar-refractivity contribution in [2.45, 2.75) is 6.42 Å². The molecule has 1 heterocycles. The molecule has 140 valence electrons. The fourth-order valence-electron chi connectivity index (χ4n) is 2.57. The molecule has 0 aliphatic carbocycles. The molecule has 27 heavy (non-hydrogen) atoms. The number of hydrogen-bond donors (Lipinski definition) is 1. The van der Waals surface area contributed by atoms with Gasteiger partial charge in [0.15, 0.2) is 11.5 Å². The van der Waals surface area contributed by atoms with Crippen LogP contribution in [0.4, 0.5) is 0 Å². The molecule has 0 unspecified atom stereocenters. The van der Waals surface area contributed by atoms with Gasteiger partial charge < -0.3 is 14.8 Å². The van der Waals surface area contributed by atoms with Gasteiger partial charge in [0.05, 0.1) is 14.2 Å². The van der Waals surface area contributed by atoms with Crippen molar-refractivity contribution in [3.63, 3.8) is 0 Å². The minimum atomic E-state index is -0.199. The van der Waals surface area contributed by atoms with Gasteiger partial charge in [-0.15, -0.1) is 5.10 Å². The third-order valence-corrected chi connectivity index (χ3v) is 4.94. The van der Waals surface area contributed by atoms with Crippen molar-refractivity contribution in [2.75, 3.05) is 20.8 Å². The van der Waals surface area contributed by atoms with E-state index in [1.807, 2.05) is 30.3 Å². The molecule has 0 aliphatic heterocycles. The molecule has 0 atom stereocenters. The predicted octanol–water partition coefficient (Wildman–Crippen LogP) is 3.85. The van der Waals surface area contributed by atoms with Crippen molar-refractivity contribution < 1.29 is 14.3 Å². The Bertz CT molecular complexity index is 928. The second-order valence-corrected chi connectivity index (χ2v) is 6.84. The highest BCUT2D eigenvalue weighted by molar-refractivity contribution is 7.08. The quantitative estimate of drug-likeness (QED) is 0.648. The van der Waals surface area contributed by atoms with E-state index in [2.05, 4.69) is 14.9 Å². The van der Waals surface area contributed by atoms with Gasteiger partial charge in [-0.1, -0.05) is 34.3 Å². The Morgan fingerprint density at radius 2 is 1.85 bits per heavy atom. The van der Waals surface area contributed by atoms with Crippen LogP contribution in [0, 0.1) is 0 Å². The Morgan fingerprint density at radius 1 is 1.11 bits per heavy atom. The first-order valence-corrected chi connectivity index (χ1v) is 9.35. The molecule has 0 saturated heterocycles. The van der Waals surface area contributed by atoms with Crippen molar-refractivity contribution in [2.24, 2.45) is 0 Å². The van der Waals surface area contributed by atoms with Crippen LogP contribution in [-0.2, 0) is 6.42 Å². The number of hydrogen-bond acceptors (Lipinski definition) is 6. The standard InChI is InChI=1S/C19H18ClN3O3S/c1-25-15-8-3-12(11-16(15)26-2)9-10-21-19(24)18-17(22-23-27-18)13-4-6-14(20)7-5-13/h3-8,11H,9-10H2,1-2H3,(H,21,24). The highest BCUT2D eigenvalue weighted by Gasteiger charge is 2.17. The minimum absolute atomic E-state index is 0.199. The molecule has 0 aliphatic rings. The molecule has 0 fully saturated rings. The monoisotopic (exact) mass is 403 g/mol. The van der Waals surface area contributed by atoms with Gasteiger partial charge in [0.25, 0.3) is 5.91 Å². The summed E-state index contributed by atoms with van der Waals surface area (Å²) in [6, 6.07) is 12.9. The largest absolute Gasteiger partial charge is 0.493 e.